The SMILES string of the molecule is CN(C)C1CCN(c2ccc(NC(=O)CCN)nc2)CC1.Cl.Cl.Cl. The highest BCUT2D eigenvalue weighted by Crippen LogP contribution is 2.21. The molecule has 0 radical (unpaired) electrons. The third kappa shape index (κ3) is 7.40. The van der Waals surface area contributed by atoms with Crippen LogP contribution in [0.5, 0.6) is 0 Å². The lowest BCUT2D eigenvalue weighted by molar-refractivity contribution is -0.116. The van der Waals surface area contributed by atoms with E-state index >= 15 is 0 Å². The van der Waals surface area contributed by atoms with Crippen LogP contribution >= 0.6 is 37.2 Å². The van der Waals surface area contributed by atoms with Crippen molar-refractivity contribution in [3.8, 4) is 0 Å². The first-order valence-electron chi connectivity index (χ1n) is 7.47. The molecule has 24 heavy (non-hydrogen) atoms. The summed E-state index contributed by atoms with van der Waals surface area (Å²) in [6.45, 7) is 2.44. The smallest absolute Gasteiger partial charge is 0.226 e. The molecular weight excluding hydrogens is 373 g/mol. The van der Waals surface area contributed by atoms with E-state index in [9.17, 15) is 4.79 Å². The Bertz CT molecular complexity index is 465. The number of amides is 1. The Morgan fingerprint density at radius 1 is 1.29 bits per heavy atom. The van der Waals surface area contributed by atoms with Crippen molar-refractivity contribution in [1.29, 1.82) is 0 Å². The van der Waals surface area contributed by atoms with Crippen molar-refractivity contribution in [3.05, 3.63) is 18.3 Å². The van der Waals surface area contributed by atoms with E-state index in [1.807, 2.05) is 18.3 Å². The summed E-state index contributed by atoms with van der Waals surface area (Å²) in [5.41, 5.74) is 6.46. The molecule has 6 nitrogen and oxygen atoms in total. The van der Waals surface area contributed by atoms with E-state index in [-0.39, 0.29) is 43.1 Å². The third-order valence-corrected chi connectivity index (χ3v) is 3.95. The number of hydrogen-bond acceptors (Lipinski definition) is 5. The molecule has 1 saturated heterocycles. The lowest BCUT2D eigenvalue weighted by Gasteiger charge is -2.36. The summed E-state index contributed by atoms with van der Waals surface area (Å²) in [5.74, 6) is 0.491. The minimum atomic E-state index is -0.0930. The van der Waals surface area contributed by atoms with Gasteiger partial charge in [-0.3, -0.25) is 4.79 Å². The number of nitrogens with zero attached hydrogens (tertiary/aromatic N) is 3. The average Bonchev–Trinajstić information content (AvgIpc) is 2.48. The molecule has 9 heteroatoms. The molecule has 0 saturated carbocycles. The van der Waals surface area contributed by atoms with Gasteiger partial charge in [0.05, 0.1) is 11.9 Å². The van der Waals surface area contributed by atoms with Gasteiger partial charge in [-0.1, -0.05) is 0 Å². The van der Waals surface area contributed by atoms with Gasteiger partial charge >= 0.3 is 0 Å². The van der Waals surface area contributed by atoms with Gasteiger partial charge in [-0.15, -0.1) is 37.2 Å². The van der Waals surface area contributed by atoms with Gasteiger partial charge in [-0.25, -0.2) is 4.98 Å². The van der Waals surface area contributed by atoms with Crippen molar-refractivity contribution in [2.45, 2.75) is 25.3 Å². The number of aromatic nitrogens is 1. The van der Waals surface area contributed by atoms with E-state index < -0.39 is 0 Å². The highest BCUT2D eigenvalue weighted by atomic mass is 35.5. The monoisotopic (exact) mass is 399 g/mol. The molecule has 1 amide bonds. The summed E-state index contributed by atoms with van der Waals surface area (Å²) >= 11 is 0. The van der Waals surface area contributed by atoms with Crippen molar-refractivity contribution in [3.63, 3.8) is 0 Å². The molecule has 2 heterocycles. The number of carbonyl (C=O) groups is 1. The summed E-state index contributed by atoms with van der Waals surface area (Å²) in [6, 6.07) is 4.53. The van der Waals surface area contributed by atoms with E-state index in [4.69, 9.17) is 5.73 Å². The summed E-state index contributed by atoms with van der Waals surface area (Å²) in [4.78, 5) is 20.4. The van der Waals surface area contributed by atoms with Gasteiger partial charge in [0.1, 0.15) is 5.82 Å². The maximum atomic E-state index is 11.5. The molecular formula is C15H28Cl3N5O. The van der Waals surface area contributed by atoms with E-state index in [0.29, 0.717) is 24.8 Å². The molecule has 1 aliphatic heterocycles. The predicted octanol–water partition coefficient (Wildman–Crippen LogP) is 2.16. The molecule has 0 unspecified atom stereocenters. The molecule has 0 bridgehead atoms. The number of halogens is 3. The van der Waals surface area contributed by atoms with Crippen molar-refractivity contribution >= 4 is 54.6 Å². The largest absolute Gasteiger partial charge is 0.370 e. The van der Waals surface area contributed by atoms with Crippen LogP contribution in [-0.2, 0) is 4.79 Å². The van der Waals surface area contributed by atoms with Crippen LogP contribution in [0.1, 0.15) is 19.3 Å². The van der Waals surface area contributed by atoms with Gasteiger partial charge in [0.25, 0.3) is 0 Å². The summed E-state index contributed by atoms with van der Waals surface area (Å²) < 4.78 is 0. The van der Waals surface area contributed by atoms with Crippen molar-refractivity contribution < 1.29 is 4.79 Å². The van der Waals surface area contributed by atoms with Crippen LogP contribution in [-0.4, -0.2) is 55.6 Å². The van der Waals surface area contributed by atoms with E-state index in [1.54, 1.807) is 0 Å². The third-order valence-electron chi connectivity index (χ3n) is 3.95. The Morgan fingerprint density at radius 3 is 2.38 bits per heavy atom. The highest BCUT2D eigenvalue weighted by molar-refractivity contribution is 5.89. The van der Waals surface area contributed by atoms with Gasteiger partial charge in [0.2, 0.25) is 5.91 Å². The maximum absolute atomic E-state index is 11.5. The van der Waals surface area contributed by atoms with Crippen molar-refractivity contribution in [2.75, 3.05) is 43.9 Å². The van der Waals surface area contributed by atoms with Gasteiger partial charge < -0.3 is 20.9 Å². The fourth-order valence-corrected chi connectivity index (χ4v) is 2.62. The topological polar surface area (TPSA) is 74.5 Å². The maximum Gasteiger partial charge on any atom is 0.226 e. The zero-order valence-electron chi connectivity index (χ0n) is 14.1. The van der Waals surface area contributed by atoms with Gasteiger partial charge in [0.15, 0.2) is 0 Å². The van der Waals surface area contributed by atoms with Crippen LogP contribution in [0.15, 0.2) is 18.3 Å². The fourth-order valence-electron chi connectivity index (χ4n) is 2.62. The molecule has 140 valence electrons. The van der Waals surface area contributed by atoms with Crippen LogP contribution in [0.2, 0.25) is 0 Å². The van der Waals surface area contributed by atoms with Crippen LogP contribution in [0.3, 0.4) is 0 Å². The van der Waals surface area contributed by atoms with E-state index in [2.05, 4.69) is 34.2 Å². The standard InChI is InChI=1S/C15H25N5O.3ClH/c1-19(2)12-6-9-20(10-7-12)13-3-4-14(17-11-13)18-15(21)5-8-16;;;/h3-4,11-12H,5-10,16H2,1-2H3,(H,17,18,21);3*1H. The number of nitrogens with one attached hydrogen (secondary N) is 1. The number of hydrogen-bond donors (Lipinski definition) is 2. The van der Waals surface area contributed by atoms with Gasteiger partial charge in [-0.05, 0) is 39.1 Å². The Kier molecular flexibility index (Phi) is 13.3. The molecule has 0 aliphatic carbocycles. The predicted molar refractivity (Wildman–Crippen MR) is 107 cm³/mol. The zero-order chi connectivity index (χ0) is 15.2. The number of carbonyl (C=O) groups excluding carboxylic acids is 1. The minimum absolute atomic E-state index is 0. The molecule has 0 aromatic carbocycles. The molecule has 1 aromatic heterocycles. The number of rotatable bonds is 5. The first kappa shape index (κ1) is 25.5. The zero-order valence-corrected chi connectivity index (χ0v) is 16.6. The first-order chi connectivity index (χ1) is 10.1. The van der Waals surface area contributed by atoms with Gasteiger partial charge in [-0.2, -0.15) is 0 Å². The van der Waals surface area contributed by atoms with E-state index in [0.717, 1.165) is 18.8 Å². The lowest BCUT2D eigenvalue weighted by Crippen LogP contribution is -2.42. The molecule has 3 N–H and O–H groups in total. The number of nitrogens with two attached hydrogens (primary N) is 1. The number of pyridine rings is 1. The minimum Gasteiger partial charge on any atom is -0.370 e. The Balaban J connectivity index is 0. The summed E-state index contributed by atoms with van der Waals surface area (Å²) in [5, 5.41) is 2.74. The van der Waals surface area contributed by atoms with Crippen LogP contribution in [0.4, 0.5) is 11.5 Å². The quantitative estimate of drug-likeness (QED) is 0.792. The molecule has 1 aromatic rings. The van der Waals surface area contributed by atoms with Crippen LogP contribution in [0, 0.1) is 0 Å². The second-order valence-corrected chi connectivity index (χ2v) is 5.67. The second kappa shape index (κ2) is 12.6. The lowest BCUT2D eigenvalue weighted by atomic mass is 10.0. The summed E-state index contributed by atoms with van der Waals surface area (Å²) in [7, 11) is 4.28. The average molecular weight is 401 g/mol. The molecule has 0 spiro atoms. The molecule has 1 fully saturated rings. The first-order valence-corrected chi connectivity index (χ1v) is 7.47. The summed E-state index contributed by atoms with van der Waals surface area (Å²) in [6.07, 6.45) is 4.49. The second-order valence-electron chi connectivity index (χ2n) is 5.67. The number of anilines is 2. The Morgan fingerprint density at radius 2 is 1.92 bits per heavy atom. The van der Waals surface area contributed by atoms with Gasteiger partial charge in [0, 0.05) is 32.1 Å². The molecule has 2 rings (SSSR count). The van der Waals surface area contributed by atoms with E-state index in [1.165, 1.54) is 12.8 Å². The normalized spacial score (nSPS) is 14.2. The molecule has 0 atom stereocenters. The Labute approximate surface area is 162 Å². The molecule has 1 aliphatic rings. The Hall–Kier alpha value is -0.790. The number of piperidine rings is 1. The van der Waals surface area contributed by atoms with Crippen LogP contribution in [0.25, 0.3) is 0 Å². The fraction of sp³-hybridized carbons (Fsp3) is 0.600. The van der Waals surface area contributed by atoms with Crippen molar-refractivity contribution in [1.82, 2.24) is 9.88 Å². The van der Waals surface area contributed by atoms with Crippen LogP contribution < -0.4 is 16.0 Å². The highest BCUT2D eigenvalue weighted by Gasteiger charge is 2.20. The van der Waals surface area contributed by atoms with Crippen molar-refractivity contribution in [2.24, 2.45) is 5.73 Å².